The third-order valence-electron chi connectivity index (χ3n) is 6.51. The molecule has 0 spiro atoms. The van der Waals surface area contributed by atoms with Crippen molar-refractivity contribution >= 4 is 34.6 Å². The Hall–Kier alpha value is -4.69. The molecule has 0 amide bonds. The maximum atomic E-state index is 6.42. The van der Waals surface area contributed by atoms with Crippen LogP contribution in [0.3, 0.4) is 0 Å². The van der Waals surface area contributed by atoms with E-state index in [1.165, 1.54) is 28.0 Å². The molecule has 0 aliphatic carbocycles. The van der Waals surface area contributed by atoms with E-state index in [1.807, 2.05) is 36.4 Å². The molecule has 2 aliphatic rings. The van der Waals surface area contributed by atoms with Gasteiger partial charge in [0.15, 0.2) is 6.21 Å². The molecule has 0 N–H and O–H groups in total. The van der Waals surface area contributed by atoms with Crippen molar-refractivity contribution in [2.75, 3.05) is 7.05 Å². The number of fused-ring (bicyclic) bond motifs is 1. The molecule has 2 nitrogen and oxygen atoms in total. The lowest BCUT2D eigenvalue weighted by Crippen LogP contribution is -2.00. The van der Waals surface area contributed by atoms with Crippen molar-refractivity contribution in [3.8, 4) is 0 Å². The monoisotopic (exact) mass is 464 g/mol. The summed E-state index contributed by atoms with van der Waals surface area (Å²) in [7, 11) is 2.11. The standard InChI is InChI=1S/C34H26NO/c1-35-24-31(29-19-11-12-20-32(29)35)30(26-13-5-2-6-14-26)21-25-22-33(27-15-7-3-8-16-27)36-34(23-25)28-17-9-4-10-18-28/h2-24H,1H3/q+1/b31-30+. The molecule has 0 radical (unpaired) electrons. The molecule has 2 aliphatic heterocycles. The van der Waals surface area contributed by atoms with Gasteiger partial charge in [-0.3, -0.25) is 0 Å². The first-order valence-corrected chi connectivity index (χ1v) is 12.2. The zero-order chi connectivity index (χ0) is 24.3. The van der Waals surface area contributed by atoms with Crippen molar-refractivity contribution in [3.63, 3.8) is 0 Å². The van der Waals surface area contributed by atoms with Crippen LogP contribution in [0.1, 0.15) is 22.3 Å². The van der Waals surface area contributed by atoms with Crippen molar-refractivity contribution in [1.82, 2.24) is 0 Å². The average molecular weight is 465 g/mol. The summed E-state index contributed by atoms with van der Waals surface area (Å²) in [5, 5.41) is 0. The number of ether oxygens (including phenoxy) is 1. The Morgan fingerprint density at radius 1 is 0.639 bits per heavy atom. The van der Waals surface area contributed by atoms with E-state index in [-0.39, 0.29) is 0 Å². The van der Waals surface area contributed by atoms with Crippen molar-refractivity contribution in [1.29, 1.82) is 0 Å². The molecular formula is C34H26NO+. The Morgan fingerprint density at radius 2 is 1.17 bits per heavy atom. The van der Waals surface area contributed by atoms with Crippen LogP contribution in [0.4, 0.5) is 5.69 Å². The first kappa shape index (κ1) is 21.8. The molecule has 2 heterocycles. The van der Waals surface area contributed by atoms with Crippen LogP contribution >= 0.6 is 0 Å². The second kappa shape index (κ2) is 9.52. The molecule has 6 rings (SSSR count). The summed E-state index contributed by atoms with van der Waals surface area (Å²) in [6, 6.07) is 39.8. The normalized spacial score (nSPS) is 15.8. The fourth-order valence-electron chi connectivity index (χ4n) is 4.75. The topological polar surface area (TPSA) is 12.2 Å². The molecule has 0 aromatic heterocycles. The van der Waals surface area contributed by atoms with Gasteiger partial charge in [-0.15, -0.1) is 0 Å². The summed E-state index contributed by atoms with van der Waals surface area (Å²) in [6.45, 7) is 0. The molecule has 0 saturated carbocycles. The fraction of sp³-hybridized carbons (Fsp3) is 0.0294. The van der Waals surface area contributed by atoms with Crippen LogP contribution < -0.4 is 0 Å². The third kappa shape index (κ3) is 4.25. The summed E-state index contributed by atoms with van der Waals surface area (Å²) in [5.74, 6) is 1.68. The van der Waals surface area contributed by atoms with Gasteiger partial charge >= 0.3 is 0 Å². The highest BCUT2D eigenvalue weighted by atomic mass is 16.5. The van der Waals surface area contributed by atoms with Gasteiger partial charge in [-0.1, -0.05) is 103 Å². The van der Waals surface area contributed by atoms with E-state index in [9.17, 15) is 0 Å². The van der Waals surface area contributed by atoms with Crippen molar-refractivity contribution in [2.24, 2.45) is 0 Å². The molecule has 4 aromatic rings. The van der Waals surface area contributed by atoms with E-state index in [4.69, 9.17) is 4.74 Å². The number of benzene rings is 4. The second-order valence-corrected chi connectivity index (χ2v) is 8.95. The Labute approximate surface area is 212 Å². The van der Waals surface area contributed by atoms with E-state index in [2.05, 4.69) is 115 Å². The highest BCUT2D eigenvalue weighted by Gasteiger charge is 2.26. The molecule has 0 bridgehead atoms. The lowest BCUT2D eigenvalue weighted by molar-refractivity contribution is -0.395. The molecule has 0 saturated heterocycles. The summed E-state index contributed by atoms with van der Waals surface area (Å²) >= 11 is 0. The summed E-state index contributed by atoms with van der Waals surface area (Å²) in [6.07, 6.45) is 8.78. The largest absolute Gasteiger partial charge is 0.456 e. The van der Waals surface area contributed by atoms with Crippen LogP contribution in [0.2, 0.25) is 0 Å². The molecule has 2 heteroatoms. The molecule has 36 heavy (non-hydrogen) atoms. The van der Waals surface area contributed by atoms with E-state index in [0.717, 1.165) is 28.2 Å². The molecule has 172 valence electrons. The van der Waals surface area contributed by atoms with Crippen LogP contribution in [-0.4, -0.2) is 17.8 Å². The highest BCUT2D eigenvalue weighted by molar-refractivity contribution is 6.23. The third-order valence-corrected chi connectivity index (χ3v) is 6.51. The van der Waals surface area contributed by atoms with Crippen molar-refractivity contribution in [3.05, 3.63) is 161 Å². The SMILES string of the molecule is C[N+]1=C/C(=C(/C=C2C=C(c3ccccc3)OC(c3ccccc3)=C2)c2ccccc2)c2ccccc21. The van der Waals surface area contributed by atoms with Gasteiger partial charge in [-0.05, 0) is 41.0 Å². The van der Waals surface area contributed by atoms with Crippen molar-refractivity contribution in [2.45, 2.75) is 0 Å². The van der Waals surface area contributed by atoms with Crippen LogP contribution in [-0.2, 0) is 4.74 Å². The molecule has 0 fully saturated rings. The Balaban J connectivity index is 1.57. The molecular weight excluding hydrogens is 438 g/mol. The molecule has 0 atom stereocenters. The van der Waals surface area contributed by atoms with Gasteiger partial charge in [-0.25, -0.2) is 4.58 Å². The number of hydrogen-bond donors (Lipinski definition) is 0. The van der Waals surface area contributed by atoms with Gasteiger partial charge < -0.3 is 4.74 Å². The lowest BCUT2D eigenvalue weighted by Gasteiger charge is -2.19. The fourth-order valence-corrected chi connectivity index (χ4v) is 4.75. The maximum Gasteiger partial charge on any atom is 0.213 e. The van der Waals surface area contributed by atoms with Gasteiger partial charge in [0.25, 0.3) is 0 Å². The Bertz CT molecular complexity index is 1510. The van der Waals surface area contributed by atoms with Gasteiger partial charge in [-0.2, -0.15) is 0 Å². The van der Waals surface area contributed by atoms with Crippen LogP contribution in [0.25, 0.3) is 22.7 Å². The molecule has 0 unspecified atom stereocenters. The van der Waals surface area contributed by atoms with Gasteiger partial charge in [0.1, 0.15) is 18.6 Å². The number of para-hydroxylation sites is 1. The number of rotatable bonds is 4. The van der Waals surface area contributed by atoms with Crippen molar-refractivity contribution < 1.29 is 9.31 Å². The average Bonchev–Trinajstić information content (AvgIpc) is 3.29. The summed E-state index contributed by atoms with van der Waals surface area (Å²) < 4.78 is 8.63. The highest BCUT2D eigenvalue weighted by Crippen LogP contribution is 2.38. The Kier molecular flexibility index (Phi) is 5.77. The number of hydrogen-bond acceptors (Lipinski definition) is 1. The number of allylic oxidation sites excluding steroid dienone is 6. The van der Waals surface area contributed by atoms with E-state index in [1.54, 1.807) is 0 Å². The minimum atomic E-state index is 0.841. The minimum Gasteiger partial charge on any atom is -0.456 e. The smallest absolute Gasteiger partial charge is 0.213 e. The lowest BCUT2D eigenvalue weighted by atomic mass is 9.93. The summed E-state index contributed by atoms with van der Waals surface area (Å²) in [4.78, 5) is 0. The summed E-state index contributed by atoms with van der Waals surface area (Å²) in [5.41, 5.74) is 9.21. The minimum absolute atomic E-state index is 0.841. The van der Waals surface area contributed by atoms with E-state index < -0.39 is 0 Å². The van der Waals surface area contributed by atoms with E-state index in [0.29, 0.717) is 0 Å². The van der Waals surface area contributed by atoms with Gasteiger partial charge in [0.2, 0.25) is 5.69 Å². The second-order valence-electron chi connectivity index (χ2n) is 8.95. The Morgan fingerprint density at radius 3 is 1.78 bits per heavy atom. The van der Waals surface area contributed by atoms with Crippen LogP contribution in [0, 0.1) is 0 Å². The van der Waals surface area contributed by atoms with E-state index >= 15 is 0 Å². The predicted molar refractivity (Wildman–Crippen MR) is 150 cm³/mol. The zero-order valence-corrected chi connectivity index (χ0v) is 20.1. The molecule has 4 aromatic carbocycles. The zero-order valence-electron chi connectivity index (χ0n) is 20.1. The van der Waals surface area contributed by atoms with Crippen LogP contribution in [0.15, 0.2) is 139 Å². The first-order chi connectivity index (χ1) is 17.8. The number of nitrogens with zero attached hydrogens (tertiary/aromatic N) is 1. The van der Waals surface area contributed by atoms with Gasteiger partial charge in [0.05, 0.1) is 11.1 Å². The van der Waals surface area contributed by atoms with Crippen LogP contribution in [0.5, 0.6) is 0 Å². The quantitative estimate of drug-likeness (QED) is 0.279. The maximum absolute atomic E-state index is 6.42. The van der Waals surface area contributed by atoms with Gasteiger partial charge in [0, 0.05) is 17.2 Å². The first-order valence-electron chi connectivity index (χ1n) is 12.2. The predicted octanol–water partition coefficient (Wildman–Crippen LogP) is 7.99.